The van der Waals surface area contributed by atoms with Crippen molar-refractivity contribution in [2.24, 2.45) is 4.99 Å². The lowest BCUT2D eigenvalue weighted by atomic mass is 10.1. The van der Waals surface area contributed by atoms with Gasteiger partial charge in [-0.1, -0.05) is 25.1 Å². The largest absolute Gasteiger partial charge is 0.490 e. The Morgan fingerprint density at radius 3 is 2.46 bits per heavy atom. The number of likely N-dealkylation sites (tertiary alicyclic amines) is 1. The maximum absolute atomic E-state index is 11.6. The SMILES string of the molecule is CCN(CCCNC(=NC)N1CCC(Oc2ccccc2)CC1)S(C)(=O)=O.I. The zero-order valence-corrected chi connectivity index (χ0v) is 20.2. The van der Waals surface area contributed by atoms with E-state index in [9.17, 15) is 8.42 Å². The number of hydrogen-bond acceptors (Lipinski definition) is 4. The summed E-state index contributed by atoms with van der Waals surface area (Å²) in [7, 11) is -1.34. The van der Waals surface area contributed by atoms with Gasteiger partial charge in [0.2, 0.25) is 10.0 Å². The van der Waals surface area contributed by atoms with Crippen molar-refractivity contribution in [3.05, 3.63) is 30.3 Å². The van der Waals surface area contributed by atoms with E-state index in [4.69, 9.17) is 4.74 Å². The van der Waals surface area contributed by atoms with Crippen LogP contribution in [0.5, 0.6) is 5.75 Å². The molecule has 0 aliphatic carbocycles. The first kappa shape index (κ1) is 25.0. The van der Waals surface area contributed by atoms with Crippen LogP contribution in [0, 0.1) is 0 Å². The fourth-order valence-electron chi connectivity index (χ4n) is 3.22. The third kappa shape index (κ3) is 8.12. The standard InChI is InChI=1S/C19H32N4O3S.HI/c1-4-23(27(3,24)25)14-8-13-21-19(20-2)22-15-11-18(12-16-22)26-17-9-6-5-7-10-17;/h5-7,9-10,18H,4,8,11-16H2,1-3H3,(H,20,21);1H. The van der Waals surface area contributed by atoms with Gasteiger partial charge in [-0.05, 0) is 18.6 Å². The molecule has 1 saturated heterocycles. The summed E-state index contributed by atoms with van der Waals surface area (Å²) in [6, 6.07) is 9.94. The molecule has 0 atom stereocenters. The average molecular weight is 524 g/mol. The van der Waals surface area contributed by atoms with Gasteiger partial charge in [0.1, 0.15) is 11.9 Å². The maximum atomic E-state index is 11.6. The Kier molecular flexibility index (Phi) is 11.1. The summed E-state index contributed by atoms with van der Waals surface area (Å²) < 4.78 is 30.8. The monoisotopic (exact) mass is 524 g/mol. The minimum atomic E-state index is -3.12. The van der Waals surface area contributed by atoms with Crippen LogP contribution >= 0.6 is 24.0 Å². The first-order valence-electron chi connectivity index (χ1n) is 9.56. The Morgan fingerprint density at radius 2 is 1.93 bits per heavy atom. The molecule has 0 unspecified atom stereocenters. The fraction of sp³-hybridized carbons (Fsp3) is 0.632. The molecule has 0 radical (unpaired) electrons. The summed E-state index contributed by atoms with van der Waals surface area (Å²) in [5, 5.41) is 3.35. The second-order valence-corrected chi connectivity index (χ2v) is 8.68. The number of nitrogens with zero attached hydrogens (tertiary/aromatic N) is 3. The molecule has 1 aromatic carbocycles. The minimum Gasteiger partial charge on any atom is -0.490 e. The van der Waals surface area contributed by atoms with E-state index >= 15 is 0 Å². The molecule has 0 bridgehead atoms. The lowest BCUT2D eigenvalue weighted by Crippen LogP contribution is -2.48. The van der Waals surface area contributed by atoms with Crippen molar-refractivity contribution in [2.45, 2.75) is 32.3 Å². The van der Waals surface area contributed by atoms with Gasteiger partial charge in [-0.2, -0.15) is 0 Å². The average Bonchev–Trinajstić information content (AvgIpc) is 2.65. The minimum absolute atomic E-state index is 0. The van der Waals surface area contributed by atoms with Crippen molar-refractivity contribution in [1.29, 1.82) is 0 Å². The van der Waals surface area contributed by atoms with Crippen LogP contribution in [0.2, 0.25) is 0 Å². The second-order valence-electron chi connectivity index (χ2n) is 6.70. The van der Waals surface area contributed by atoms with E-state index < -0.39 is 10.0 Å². The Morgan fingerprint density at radius 1 is 1.29 bits per heavy atom. The number of guanidine groups is 1. The highest BCUT2D eigenvalue weighted by molar-refractivity contribution is 14.0. The highest BCUT2D eigenvalue weighted by Crippen LogP contribution is 2.18. The summed E-state index contributed by atoms with van der Waals surface area (Å²) in [5.74, 6) is 1.79. The molecular weight excluding hydrogens is 491 g/mol. The molecule has 0 saturated carbocycles. The lowest BCUT2D eigenvalue weighted by molar-refractivity contribution is 0.129. The van der Waals surface area contributed by atoms with Gasteiger partial charge in [-0.25, -0.2) is 12.7 Å². The van der Waals surface area contributed by atoms with E-state index in [2.05, 4.69) is 15.2 Å². The van der Waals surface area contributed by atoms with Crippen LogP contribution in [-0.4, -0.2) is 75.7 Å². The molecule has 0 amide bonds. The molecule has 9 heteroatoms. The van der Waals surface area contributed by atoms with Crippen molar-refractivity contribution >= 4 is 40.0 Å². The molecule has 1 aromatic rings. The molecule has 2 rings (SSSR count). The molecule has 0 spiro atoms. The van der Waals surface area contributed by atoms with Gasteiger partial charge in [-0.15, -0.1) is 24.0 Å². The van der Waals surface area contributed by atoms with Crippen LogP contribution in [-0.2, 0) is 10.0 Å². The summed E-state index contributed by atoms with van der Waals surface area (Å²) in [6.45, 7) is 5.35. The Bertz CT molecular complexity index is 692. The van der Waals surface area contributed by atoms with Gasteiger partial charge < -0.3 is 15.0 Å². The first-order chi connectivity index (χ1) is 12.9. The first-order valence-corrected chi connectivity index (χ1v) is 11.4. The molecule has 1 aliphatic heterocycles. The van der Waals surface area contributed by atoms with Gasteiger partial charge in [0, 0.05) is 52.6 Å². The van der Waals surface area contributed by atoms with Gasteiger partial charge in [0.15, 0.2) is 5.96 Å². The Balaban J connectivity index is 0.00000392. The van der Waals surface area contributed by atoms with E-state index in [1.54, 1.807) is 7.05 Å². The number of sulfonamides is 1. The molecule has 1 aliphatic rings. The summed E-state index contributed by atoms with van der Waals surface area (Å²) in [4.78, 5) is 6.60. The van der Waals surface area contributed by atoms with Crippen molar-refractivity contribution < 1.29 is 13.2 Å². The van der Waals surface area contributed by atoms with Gasteiger partial charge >= 0.3 is 0 Å². The number of hydrogen-bond donors (Lipinski definition) is 1. The summed E-state index contributed by atoms with van der Waals surface area (Å²) >= 11 is 0. The quantitative estimate of drug-likeness (QED) is 0.245. The molecule has 1 fully saturated rings. The number of rotatable bonds is 8. The van der Waals surface area contributed by atoms with Crippen LogP contribution in [0.1, 0.15) is 26.2 Å². The van der Waals surface area contributed by atoms with Crippen molar-refractivity contribution in [3.8, 4) is 5.75 Å². The normalized spacial score (nSPS) is 16.0. The van der Waals surface area contributed by atoms with Gasteiger partial charge in [0.05, 0.1) is 6.26 Å². The van der Waals surface area contributed by atoms with E-state index in [-0.39, 0.29) is 30.1 Å². The fourth-order valence-corrected chi connectivity index (χ4v) is 4.15. The van der Waals surface area contributed by atoms with Crippen LogP contribution in [0.3, 0.4) is 0 Å². The maximum Gasteiger partial charge on any atom is 0.211 e. The number of piperidine rings is 1. The Hall–Kier alpha value is -1.07. The topological polar surface area (TPSA) is 74.2 Å². The molecule has 1 N–H and O–H groups in total. The van der Waals surface area contributed by atoms with E-state index in [1.165, 1.54) is 10.6 Å². The molecule has 28 heavy (non-hydrogen) atoms. The molecule has 1 heterocycles. The Labute approximate surface area is 186 Å². The smallest absolute Gasteiger partial charge is 0.211 e. The molecule has 7 nitrogen and oxygen atoms in total. The van der Waals surface area contributed by atoms with Crippen molar-refractivity contribution in [1.82, 2.24) is 14.5 Å². The highest BCUT2D eigenvalue weighted by atomic mass is 127. The number of nitrogens with one attached hydrogen (secondary N) is 1. The molecule has 0 aromatic heterocycles. The van der Waals surface area contributed by atoms with Crippen LogP contribution in [0.15, 0.2) is 35.3 Å². The number of halogens is 1. The number of benzene rings is 1. The molecular formula is C19H33IN4O3S. The van der Waals surface area contributed by atoms with Crippen LogP contribution < -0.4 is 10.1 Å². The van der Waals surface area contributed by atoms with Crippen molar-refractivity contribution in [2.75, 3.05) is 46.0 Å². The lowest BCUT2D eigenvalue weighted by Gasteiger charge is -2.34. The van der Waals surface area contributed by atoms with Crippen LogP contribution in [0.25, 0.3) is 0 Å². The number of ether oxygens (including phenoxy) is 1. The summed E-state index contributed by atoms with van der Waals surface area (Å²) in [6.07, 6.45) is 4.13. The van der Waals surface area contributed by atoms with E-state index in [1.807, 2.05) is 37.3 Å². The van der Waals surface area contributed by atoms with E-state index in [0.717, 1.165) is 44.1 Å². The predicted octanol–water partition coefficient (Wildman–Crippen LogP) is 2.39. The third-order valence-electron chi connectivity index (χ3n) is 4.69. The zero-order chi connectivity index (χ0) is 19.7. The second kappa shape index (κ2) is 12.5. The zero-order valence-electron chi connectivity index (χ0n) is 17.0. The number of para-hydroxylation sites is 1. The van der Waals surface area contributed by atoms with Crippen LogP contribution in [0.4, 0.5) is 0 Å². The van der Waals surface area contributed by atoms with Gasteiger partial charge in [0.25, 0.3) is 0 Å². The number of aliphatic imine (C=N–C) groups is 1. The highest BCUT2D eigenvalue weighted by Gasteiger charge is 2.22. The van der Waals surface area contributed by atoms with Crippen molar-refractivity contribution in [3.63, 3.8) is 0 Å². The van der Waals surface area contributed by atoms with Gasteiger partial charge in [-0.3, -0.25) is 4.99 Å². The summed E-state index contributed by atoms with van der Waals surface area (Å²) in [5.41, 5.74) is 0. The van der Waals surface area contributed by atoms with E-state index in [0.29, 0.717) is 19.6 Å². The molecule has 160 valence electrons. The predicted molar refractivity (Wildman–Crippen MR) is 125 cm³/mol. The third-order valence-corrected chi connectivity index (χ3v) is 6.07.